The van der Waals surface area contributed by atoms with E-state index in [9.17, 15) is 9.59 Å². The number of carbonyl (C=O) groups is 2. The summed E-state index contributed by atoms with van der Waals surface area (Å²) < 4.78 is 5.29. The Kier molecular flexibility index (Phi) is 4.77. The fourth-order valence-corrected chi connectivity index (χ4v) is 2.00. The Bertz CT molecular complexity index is 362. The molecule has 1 aliphatic heterocycles. The van der Waals surface area contributed by atoms with Crippen molar-refractivity contribution in [1.82, 2.24) is 4.90 Å². The molecule has 18 heavy (non-hydrogen) atoms. The van der Waals surface area contributed by atoms with Gasteiger partial charge in [-0.25, -0.2) is 4.79 Å². The van der Waals surface area contributed by atoms with Crippen LogP contribution in [0.25, 0.3) is 0 Å². The molecule has 1 rings (SSSR count). The molecule has 1 heterocycles. The van der Waals surface area contributed by atoms with Crippen LogP contribution in [0.4, 0.5) is 4.79 Å². The molecule has 1 aliphatic rings. The Morgan fingerprint density at radius 3 is 2.67 bits per heavy atom. The van der Waals surface area contributed by atoms with Crippen molar-refractivity contribution in [1.29, 1.82) is 0 Å². The number of hydrogen-bond donors (Lipinski definition) is 0. The molecule has 0 spiro atoms. The second-order valence-corrected chi connectivity index (χ2v) is 5.70. The van der Waals surface area contributed by atoms with Crippen molar-refractivity contribution in [3.63, 3.8) is 0 Å². The van der Waals surface area contributed by atoms with Crippen LogP contribution in [0.1, 0.15) is 40.0 Å². The molecule has 1 saturated heterocycles. The van der Waals surface area contributed by atoms with E-state index in [-0.39, 0.29) is 24.2 Å². The number of Topliss-reactive ketones (excluding diaryl/α,β-unsaturated/α-hetero) is 1. The predicted octanol–water partition coefficient (Wildman–Crippen LogP) is 2.23. The number of likely N-dealkylation sites (tertiary alicyclic amines) is 1. The Morgan fingerprint density at radius 2 is 2.11 bits per heavy atom. The molecule has 1 unspecified atom stereocenters. The third kappa shape index (κ3) is 4.79. The molecule has 100 valence electrons. The fourth-order valence-electron chi connectivity index (χ4n) is 2.00. The molecule has 0 aromatic rings. The predicted molar refractivity (Wildman–Crippen MR) is 69.0 cm³/mol. The zero-order chi connectivity index (χ0) is 13.8. The summed E-state index contributed by atoms with van der Waals surface area (Å²) in [5.74, 6) is 2.65. The van der Waals surface area contributed by atoms with Crippen LogP contribution in [-0.2, 0) is 9.53 Å². The minimum absolute atomic E-state index is 0.0774. The highest BCUT2D eigenvalue weighted by Crippen LogP contribution is 2.22. The molecule has 4 heteroatoms. The summed E-state index contributed by atoms with van der Waals surface area (Å²) in [6, 6.07) is 0. The highest BCUT2D eigenvalue weighted by atomic mass is 16.6. The summed E-state index contributed by atoms with van der Waals surface area (Å²) in [5.41, 5.74) is -0.478. The minimum Gasteiger partial charge on any atom is -0.444 e. The van der Waals surface area contributed by atoms with Gasteiger partial charge in [-0.1, -0.05) is 5.92 Å². The average Bonchev–Trinajstić information content (AvgIpc) is 2.63. The second kappa shape index (κ2) is 5.90. The van der Waals surface area contributed by atoms with Crippen LogP contribution in [0.3, 0.4) is 0 Å². The molecule has 1 fully saturated rings. The van der Waals surface area contributed by atoms with Gasteiger partial charge in [-0.3, -0.25) is 4.79 Å². The van der Waals surface area contributed by atoms with Crippen molar-refractivity contribution in [3.05, 3.63) is 0 Å². The molecule has 0 saturated carbocycles. The molecule has 0 aromatic heterocycles. The summed E-state index contributed by atoms with van der Waals surface area (Å²) in [4.78, 5) is 24.9. The van der Waals surface area contributed by atoms with Crippen LogP contribution in [0.15, 0.2) is 0 Å². The summed E-state index contributed by atoms with van der Waals surface area (Å²) >= 11 is 0. The smallest absolute Gasteiger partial charge is 0.410 e. The molecule has 4 nitrogen and oxygen atoms in total. The number of rotatable bonds is 3. The molecule has 0 aliphatic carbocycles. The highest BCUT2D eigenvalue weighted by molar-refractivity contribution is 5.81. The lowest BCUT2D eigenvalue weighted by Crippen LogP contribution is -2.35. The van der Waals surface area contributed by atoms with Crippen LogP contribution in [0.2, 0.25) is 0 Å². The standard InChI is InChI=1S/C14H21NO3/c1-5-6-12(16)9-11-7-8-15(10-11)13(17)18-14(2,3)4/h1,11H,6-10H2,2-4H3. The van der Waals surface area contributed by atoms with Crippen LogP contribution in [0.5, 0.6) is 0 Å². The van der Waals surface area contributed by atoms with E-state index in [1.807, 2.05) is 20.8 Å². The SMILES string of the molecule is C#CCC(=O)CC1CCN(C(=O)OC(C)(C)C)C1. The van der Waals surface area contributed by atoms with E-state index < -0.39 is 5.60 Å². The number of hydrogen-bond acceptors (Lipinski definition) is 3. The first-order valence-electron chi connectivity index (χ1n) is 6.25. The highest BCUT2D eigenvalue weighted by Gasteiger charge is 2.30. The van der Waals surface area contributed by atoms with Crippen LogP contribution >= 0.6 is 0 Å². The third-order valence-electron chi connectivity index (χ3n) is 2.75. The van der Waals surface area contributed by atoms with E-state index >= 15 is 0 Å². The normalized spacial score (nSPS) is 19.4. The summed E-state index contributed by atoms with van der Waals surface area (Å²) in [5, 5.41) is 0. The summed E-state index contributed by atoms with van der Waals surface area (Å²) in [7, 11) is 0. The first-order valence-corrected chi connectivity index (χ1v) is 6.25. The summed E-state index contributed by atoms with van der Waals surface area (Å²) in [6.45, 7) is 6.77. The van der Waals surface area contributed by atoms with Gasteiger partial charge in [0, 0.05) is 19.5 Å². The first kappa shape index (κ1) is 14.6. The lowest BCUT2D eigenvalue weighted by Gasteiger charge is -2.24. The van der Waals surface area contributed by atoms with Crippen molar-refractivity contribution in [2.24, 2.45) is 5.92 Å². The van der Waals surface area contributed by atoms with Gasteiger partial charge in [0.25, 0.3) is 0 Å². The molecule has 0 bridgehead atoms. The minimum atomic E-state index is -0.478. The van der Waals surface area contributed by atoms with Gasteiger partial charge in [-0.15, -0.1) is 6.42 Å². The van der Waals surface area contributed by atoms with Gasteiger partial charge in [0.15, 0.2) is 0 Å². The maximum Gasteiger partial charge on any atom is 0.410 e. The number of terminal acetylenes is 1. The Morgan fingerprint density at radius 1 is 1.44 bits per heavy atom. The molecular weight excluding hydrogens is 230 g/mol. The first-order chi connectivity index (χ1) is 8.31. The van der Waals surface area contributed by atoms with Crippen molar-refractivity contribution in [3.8, 4) is 12.3 Å². The molecular formula is C14H21NO3. The Labute approximate surface area is 109 Å². The maximum absolute atomic E-state index is 11.8. The van der Waals surface area contributed by atoms with E-state index in [2.05, 4.69) is 5.92 Å². The van der Waals surface area contributed by atoms with E-state index in [4.69, 9.17) is 11.2 Å². The van der Waals surface area contributed by atoms with Crippen molar-refractivity contribution in [2.75, 3.05) is 13.1 Å². The molecule has 1 atom stereocenters. The van der Waals surface area contributed by atoms with Crippen LogP contribution in [-0.4, -0.2) is 35.5 Å². The van der Waals surface area contributed by atoms with Crippen LogP contribution in [0, 0.1) is 18.3 Å². The Hall–Kier alpha value is -1.50. The molecule has 0 aromatic carbocycles. The number of amides is 1. The van der Waals surface area contributed by atoms with Gasteiger partial charge in [-0.2, -0.15) is 0 Å². The topological polar surface area (TPSA) is 46.6 Å². The van der Waals surface area contributed by atoms with Crippen molar-refractivity contribution >= 4 is 11.9 Å². The molecule has 0 N–H and O–H groups in total. The monoisotopic (exact) mass is 251 g/mol. The van der Waals surface area contributed by atoms with Gasteiger partial charge in [-0.05, 0) is 33.1 Å². The molecule has 1 amide bonds. The Balaban J connectivity index is 2.40. The zero-order valence-corrected chi connectivity index (χ0v) is 11.4. The third-order valence-corrected chi connectivity index (χ3v) is 2.75. The van der Waals surface area contributed by atoms with Gasteiger partial charge < -0.3 is 9.64 Å². The fraction of sp³-hybridized carbons (Fsp3) is 0.714. The van der Waals surface area contributed by atoms with Gasteiger partial charge in [0.05, 0.1) is 6.42 Å². The lowest BCUT2D eigenvalue weighted by atomic mass is 10.0. The number of carbonyl (C=O) groups excluding carboxylic acids is 2. The summed E-state index contributed by atoms with van der Waals surface area (Å²) in [6.07, 6.45) is 6.28. The quantitative estimate of drug-likeness (QED) is 0.723. The van der Waals surface area contributed by atoms with Gasteiger partial charge in [0.1, 0.15) is 11.4 Å². The maximum atomic E-state index is 11.8. The molecule has 0 radical (unpaired) electrons. The zero-order valence-electron chi connectivity index (χ0n) is 11.4. The average molecular weight is 251 g/mol. The van der Waals surface area contributed by atoms with Gasteiger partial charge in [0.2, 0.25) is 0 Å². The number of ether oxygens (including phenoxy) is 1. The van der Waals surface area contributed by atoms with Gasteiger partial charge >= 0.3 is 6.09 Å². The number of nitrogens with zero attached hydrogens (tertiary/aromatic N) is 1. The second-order valence-electron chi connectivity index (χ2n) is 5.70. The van der Waals surface area contributed by atoms with Crippen LogP contribution < -0.4 is 0 Å². The lowest BCUT2D eigenvalue weighted by molar-refractivity contribution is -0.118. The van der Waals surface area contributed by atoms with E-state index in [1.165, 1.54) is 0 Å². The van der Waals surface area contributed by atoms with E-state index in [0.29, 0.717) is 19.5 Å². The van der Waals surface area contributed by atoms with E-state index in [0.717, 1.165) is 6.42 Å². The largest absolute Gasteiger partial charge is 0.444 e. The number of ketones is 1. The van der Waals surface area contributed by atoms with E-state index in [1.54, 1.807) is 4.90 Å². The van der Waals surface area contributed by atoms with Crippen molar-refractivity contribution in [2.45, 2.75) is 45.6 Å². The van der Waals surface area contributed by atoms with Crippen molar-refractivity contribution < 1.29 is 14.3 Å².